The minimum absolute atomic E-state index is 0.0713. The molecule has 0 amide bonds. The van der Waals surface area contributed by atoms with Crippen molar-refractivity contribution in [1.82, 2.24) is 4.90 Å². The summed E-state index contributed by atoms with van der Waals surface area (Å²) >= 11 is 0. The molecule has 1 saturated heterocycles. The molecule has 2 rings (SSSR count). The van der Waals surface area contributed by atoms with Crippen LogP contribution in [0.2, 0.25) is 0 Å². The van der Waals surface area contributed by atoms with E-state index >= 15 is 0 Å². The number of rotatable bonds is 4. The van der Waals surface area contributed by atoms with E-state index in [1.165, 1.54) is 12.1 Å². The summed E-state index contributed by atoms with van der Waals surface area (Å²) < 4.78 is 29.6. The minimum Gasteiger partial charge on any atom is -0.379 e. The first kappa shape index (κ1) is 14.0. The van der Waals surface area contributed by atoms with Crippen molar-refractivity contribution in [3.63, 3.8) is 0 Å². The van der Waals surface area contributed by atoms with Crippen LogP contribution < -0.4 is 0 Å². The van der Waals surface area contributed by atoms with E-state index in [2.05, 4.69) is 4.90 Å². The third-order valence-electron chi connectivity index (χ3n) is 3.10. The minimum atomic E-state index is -3.33. The second-order valence-corrected chi connectivity index (χ2v) is 6.52. The lowest BCUT2D eigenvalue weighted by atomic mass is 10.2. The van der Waals surface area contributed by atoms with Gasteiger partial charge in [0.2, 0.25) is 0 Å². The van der Waals surface area contributed by atoms with Crippen LogP contribution in [0, 0.1) is 11.3 Å². The topological polar surface area (TPSA) is 70.4 Å². The van der Waals surface area contributed by atoms with Crippen LogP contribution >= 0.6 is 0 Å². The van der Waals surface area contributed by atoms with Crippen molar-refractivity contribution in [2.75, 3.05) is 38.6 Å². The van der Waals surface area contributed by atoms with Gasteiger partial charge < -0.3 is 4.74 Å². The van der Waals surface area contributed by atoms with Crippen LogP contribution in [0.5, 0.6) is 0 Å². The first-order chi connectivity index (χ1) is 9.12. The van der Waals surface area contributed by atoms with Crippen LogP contribution in [0.1, 0.15) is 5.56 Å². The molecule has 1 aromatic carbocycles. The normalized spacial score (nSPS) is 17.0. The van der Waals surface area contributed by atoms with Crippen LogP contribution in [0.15, 0.2) is 29.2 Å². The molecule has 0 aliphatic carbocycles. The first-order valence-electron chi connectivity index (χ1n) is 6.15. The van der Waals surface area contributed by atoms with Gasteiger partial charge in [-0.15, -0.1) is 0 Å². The number of benzene rings is 1. The van der Waals surface area contributed by atoms with E-state index in [9.17, 15) is 8.42 Å². The van der Waals surface area contributed by atoms with Gasteiger partial charge in [-0.3, -0.25) is 4.90 Å². The number of ether oxygens (including phenoxy) is 1. The fourth-order valence-corrected chi connectivity index (χ4v) is 3.28. The highest BCUT2D eigenvalue weighted by molar-refractivity contribution is 7.91. The molecule has 5 nitrogen and oxygen atoms in total. The number of hydrogen-bond donors (Lipinski definition) is 0. The number of nitrogens with zero attached hydrogens (tertiary/aromatic N) is 2. The molecular formula is C13H16N2O3S. The van der Waals surface area contributed by atoms with Crippen LogP contribution in [0.3, 0.4) is 0 Å². The van der Waals surface area contributed by atoms with Crippen molar-refractivity contribution in [2.45, 2.75) is 4.90 Å². The summed E-state index contributed by atoms with van der Waals surface area (Å²) in [5.74, 6) is 0.0713. The van der Waals surface area contributed by atoms with Gasteiger partial charge in [-0.05, 0) is 18.2 Å². The molecule has 0 aromatic heterocycles. The lowest BCUT2D eigenvalue weighted by molar-refractivity contribution is 0.0408. The van der Waals surface area contributed by atoms with E-state index in [0.717, 1.165) is 13.1 Å². The Morgan fingerprint density at radius 3 is 2.74 bits per heavy atom. The molecule has 0 spiro atoms. The van der Waals surface area contributed by atoms with Gasteiger partial charge >= 0.3 is 0 Å². The van der Waals surface area contributed by atoms with Gasteiger partial charge in [-0.25, -0.2) is 8.42 Å². The maximum Gasteiger partial charge on any atom is 0.179 e. The van der Waals surface area contributed by atoms with Crippen molar-refractivity contribution in [1.29, 1.82) is 5.26 Å². The quantitative estimate of drug-likeness (QED) is 0.810. The Morgan fingerprint density at radius 1 is 1.32 bits per heavy atom. The van der Waals surface area contributed by atoms with Crippen LogP contribution in [-0.4, -0.2) is 51.9 Å². The van der Waals surface area contributed by atoms with E-state index < -0.39 is 9.84 Å². The Bertz CT molecular complexity index is 572. The predicted octanol–water partition coefficient (Wildman–Crippen LogP) is 0.664. The molecule has 0 radical (unpaired) electrons. The standard InChI is InChI=1S/C13H16N2O3S/c14-11-12-2-1-3-13(10-12)19(16,17)9-6-15-4-7-18-8-5-15/h1-3,10H,4-9H2. The Balaban J connectivity index is 2.03. The van der Waals surface area contributed by atoms with E-state index in [0.29, 0.717) is 25.3 Å². The second-order valence-electron chi connectivity index (χ2n) is 4.41. The van der Waals surface area contributed by atoms with Gasteiger partial charge in [0.1, 0.15) is 0 Å². The number of morpholine rings is 1. The highest BCUT2D eigenvalue weighted by Gasteiger charge is 2.18. The summed E-state index contributed by atoms with van der Waals surface area (Å²) in [6.45, 7) is 3.36. The first-order valence-corrected chi connectivity index (χ1v) is 7.80. The molecule has 1 fully saturated rings. The molecule has 0 atom stereocenters. The summed E-state index contributed by atoms with van der Waals surface area (Å²) in [5, 5.41) is 8.79. The number of hydrogen-bond acceptors (Lipinski definition) is 5. The zero-order valence-corrected chi connectivity index (χ0v) is 11.4. The number of nitriles is 1. The summed E-state index contributed by atoms with van der Waals surface area (Å²) in [6, 6.07) is 8.11. The van der Waals surface area contributed by atoms with Gasteiger partial charge in [0.05, 0.1) is 35.5 Å². The fraction of sp³-hybridized carbons (Fsp3) is 0.462. The zero-order chi connectivity index (χ0) is 13.7. The van der Waals surface area contributed by atoms with Crippen molar-refractivity contribution in [3.05, 3.63) is 29.8 Å². The van der Waals surface area contributed by atoms with Crippen LogP contribution in [0.25, 0.3) is 0 Å². The third kappa shape index (κ3) is 3.77. The van der Waals surface area contributed by atoms with Crippen molar-refractivity contribution < 1.29 is 13.2 Å². The lowest BCUT2D eigenvalue weighted by Gasteiger charge is -2.26. The van der Waals surface area contributed by atoms with Gasteiger partial charge in [0, 0.05) is 19.6 Å². The van der Waals surface area contributed by atoms with E-state index in [4.69, 9.17) is 10.00 Å². The fourth-order valence-electron chi connectivity index (χ4n) is 1.95. The van der Waals surface area contributed by atoms with Crippen LogP contribution in [-0.2, 0) is 14.6 Å². The molecule has 1 aromatic rings. The molecule has 0 bridgehead atoms. The number of sulfone groups is 1. The maximum atomic E-state index is 12.2. The molecule has 19 heavy (non-hydrogen) atoms. The smallest absolute Gasteiger partial charge is 0.179 e. The summed E-state index contributed by atoms with van der Waals surface area (Å²) in [6.07, 6.45) is 0. The Labute approximate surface area is 113 Å². The van der Waals surface area contributed by atoms with Gasteiger partial charge in [-0.1, -0.05) is 6.07 Å². The van der Waals surface area contributed by atoms with E-state index in [1.807, 2.05) is 6.07 Å². The molecule has 0 N–H and O–H groups in total. The van der Waals surface area contributed by atoms with E-state index in [1.54, 1.807) is 12.1 Å². The van der Waals surface area contributed by atoms with Gasteiger partial charge in [-0.2, -0.15) is 5.26 Å². The second kappa shape index (κ2) is 6.15. The highest BCUT2D eigenvalue weighted by atomic mass is 32.2. The maximum absolute atomic E-state index is 12.2. The summed E-state index contributed by atoms with van der Waals surface area (Å²) in [5.41, 5.74) is 0.368. The Kier molecular flexibility index (Phi) is 4.53. The zero-order valence-electron chi connectivity index (χ0n) is 10.6. The Morgan fingerprint density at radius 2 is 2.05 bits per heavy atom. The predicted molar refractivity (Wildman–Crippen MR) is 70.5 cm³/mol. The van der Waals surface area contributed by atoms with Crippen LogP contribution in [0.4, 0.5) is 0 Å². The molecule has 1 heterocycles. The molecule has 1 aliphatic heterocycles. The molecule has 0 saturated carbocycles. The lowest BCUT2D eigenvalue weighted by Crippen LogP contribution is -2.39. The molecule has 0 unspecified atom stereocenters. The van der Waals surface area contributed by atoms with E-state index in [-0.39, 0.29) is 10.6 Å². The summed E-state index contributed by atoms with van der Waals surface area (Å²) in [7, 11) is -3.33. The highest BCUT2D eigenvalue weighted by Crippen LogP contribution is 2.13. The Hall–Kier alpha value is -1.42. The van der Waals surface area contributed by atoms with Crippen molar-refractivity contribution in [3.8, 4) is 6.07 Å². The SMILES string of the molecule is N#Cc1cccc(S(=O)(=O)CCN2CCOCC2)c1. The van der Waals surface area contributed by atoms with Gasteiger partial charge in [0.25, 0.3) is 0 Å². The molecular weight excluding hydrogens is 264 g/mol. The monoisotopic (exact) mass is 280 g/mol. The molecule has 102 valence electrons. The third-order valence-corrected chi connectivity index (χ3v) is 4.79. The molecule has 6 heteroatoms. The summed E-state index contributed by atoms with van der Waals surface area (Å²) in [4.78, 5) is 2.30. The molecule has 1 aliphatic rings. The largest absolute Gasteiger partial charge is 0.379 e. The average Bonchev–Trinajstić information content (AvgIpc) is 2.46. The van der Waals surface area contributed by atoms with Crippen molar-refractivity contribution in [2.24, 2.45) is 0 Å². The van der Waals surface area contributed by atoms with Crippen molar-refractivity contribution >= 4 is 9.84 Å². The van der Waals surface area contributed by atoms with Gasteiger partial charge in [0.15, 0.2) is 9.84 Å². The average molecular weight is 280 g/mol.